The zero-order valence-electron chi connectivity index (χ0n) is 5.77. The highest BCUT2D eigenvalue weighted by Crippen LogP contribution is 2.23. The number of aliphatic imine (C=N–C) groups is 1. The molecule has 0 bridgehead atoms. The highest BCUT2D eigenvalue weighted by molar-refractivity contribution is 5.94. The molecule has 0 amide bonds. The molecule has 1 aromatic heterocycles. The summed E-state index contributed by atoms with van der Waals surface area (Å²) in [6.45, 7) is 1.72. The van der Waals surface area contributed by atoms with Crippen LogP contribution in [0.15, 0.2) is 9.62 Å². The van der Waals surface area contributed by atoms with Crippen molar-refractivity contribution in [2.24, 2.45) is 4.99 Å². The number of anilines is 1. The van der Waals surface area contributed by atoms with Crippen molar-refractivity contribution in [1.29, 1.82) is 0 Å². The van der Waals surface area contributed by atoms with Gasteiger partial charge in [0.15, 0.2) is 11.9 Å². The molecule has 1 unspecified atom stereocenters. The summed E-state index contributed by atoms with van der Waals surface area (Å²) in [7, 11) is 0. The van der Waals surface area contributed by atoms with Gasteiger partial charge in [-0.25, -0.2) is 9.62 Å². The molecule has 2 N–H and O–H groups in total. The monoisotopic (exact) mass is 154 g/mol. The van der Waals surface area contributed by atoms with Crippen LogP contribution in [0.5, 0.6) is 0 Å². The first-order valence-corrected chi connectivity index (χ1v) is 3.09. The van der Waals surface area contributed by atoms with Crippen LogP contribution in [0.25, 0.3) is 0 Å². The maximum atomic E-state index is 9.23. The van der Waals surface area contributed by atoms with Gasteiger partial charge in [0.1, 0.15) is 5.84 Å². The number of aromatic nitrogens is 2. The molecule has 2 rings (SSSR count). The Morgan fingerprint density at radius 2 is 2.36 bits per heavy atom. The summed E-state index contributed by atoms with van der Waals surface area (Å²) in [6, 6.07) is 0. The van der Waals surface area contributed by atoms with E-state index in [4.69, 9.17) is 0 Å². The number of aliphatic hydroxyl groups excluding tert-OH is 1. The highest BCUT2D eigenvalue weighted by atomic mass is 16.6. The lowest BCUT2D eigenvalue weighted by molar-refractivity contribution is 0.175. The van der Waals surface area contributed by atoms with Gasteiger partial charge in [-0.05, 0) is 17.2 Å². The second-order valence-electron chi connectivity index (χ2n) is 2.21. The van der Waals surface area contributed by atoms with E-state index in [1.807, 2.05) is 0 Å². The topological polar surface area (TPSA) is 83.5 Å². The fraction of sp³-hybridized carbons (Fsp3) is 0.400. The Kier molecular flexibility index (Phi) is 1.16. The van der Waals surface area contributed by atoms with E-state index in [9.17, 15) is 5.11 Å². The quantitative estimate of drug-likeness (QED) is 0.545. The number of hydrogen-bond acceptors (Lipinski definition) is 6. The van der Waals surface area contributed by atoms with Gasteiger partial charge in [0.05, 0.1) is 0 Å². The van der Waals surface area contributed by atoms with Crippen molar-refractivity contribution in [2.75, 3.05) is 5.32 Å². The van der Waals surface area contributed by atoms with E-state index >= 15 is 0 Å². The molecule has 1 atom stereocenters. The van der Waals surface area contributed by atoms with Crippen LogP contribution in [-0.2, 0) is 0 Å². The average Bonchev–Trinajstić information content (AvgIpc) is 2.34. The maximum Gasteiger partial charge on any atom is 0.204 e. The number of nitrogens with one attached hydrogen (secondary N) is 1. The van der Waals surface area contributed by atoms with Crippen molar-refractivity contribution in [2.45, 2.75) is 13.2 Å². The van der Waals surface area contributed by atoms with E-state index in [1.54, 1.807) is 6.92 Å². The number of amidine groups is 1. The molecular formula is C5H6N4O2. The van der Waals surface area contributed by atoms with Crippen LogP contribution in [-0.4, -0.2) is 21.3 Å². The molecule has 0 fully saturated rings. The lowest BCUT2D eigenvalue weighted by Gasteiger charge is -2.11. The minimum Gasteiger partial charge on any atom is -0.366 e. The predicted octanol–water partition coefficient (Wildman–Crippen LogP) is -0.0956. The van der Waals surface area contributed by atoms with Gasteiger partial charge >= 0.3 is 0 Å². The maximum absolute atomic E-state index is 9.23. The summed E-state index contributed by atoms with van der Waals surface area (Å²) in [4.78, 5) is 3.79. The fourth-order valence-electron chi connectivity index (χ4n) is 0.900. The Morgan fingerprint density at radius 1 is 1.55 bits per heavy atom. The molecule has 0 saturated heterocycles. The molecule has 6 heteroatoms. The van der Waals surface area contributed by atoms with Crippen LogP contribution < -0.4 is 5.32 Å². The smallest absolute Gasteiger partial charge is 0.204 e. The Labute approximate surface area is 61.9 Å². The molecule has 0 aliphatic carbocycles. The van der Waals surface area contributed by atoms with Crippen LogP contribution in [0.1, 0.15) is 18.8 Å². The summed E-state index contributed by atoms with van der Waals surface area (Å²) in [6.07, 6.45) is -0.947. The van der Waals surface area contributed by atoms with Gasteiger partial charge < -0.3 is 10.4 Å². The summed E-state index contributed by atoms with van der Waals surface area (Å²) in [5, 5.41) is 19.0. The third-order valence-corrected chi connectivity index (χ3v) is 1.37. The van der Waals surface area contributed by atoms with E-state index in [0.717, 1.165) is 0 Å². The number of hydrogen-bond donors (Lipinski definition) is 2. The van der Waals surface area contributed by atoms with Crippen LogP contribution in [0.3, 0.4) is 0 Å². The third-order valence-electron chi connectivity index (χ3n) is 1.37. The molecular weight excluding hydrogens is 148 g/mol. The van der Waals surface area contributed by atoms with Gasteiger partial charge in [-0.3, -0.25) is 0 Å². The van der Waals surface area contributed by atoms with E-state index in [-0.39, 0.29) is 0 Å². The van der Waals surface area contributed by atoms with Gasteiger partial charge in [0.2, 0.25) is 5.82 Å². The molecule has 58 valence electrons. The van der Waals surface area contributed by atoms with E-state index in [2.05, 4.69) is 25.3 Å². The van der Waals surface area contributed by atoms with Crippen LogP contribution in [0.2, 0.25) is 0 Å². The number of nitrogens with zero attached hydrogens (tertiary/aromatic N) is 3. The molecule has 1 aliphatic rings. The standard InChI is InChI=1S/C5H6N4O2/c1-2-6-4-3(5(10)7-2)8-11-9-4/h5,10H,1H3,(H,6,7,9). The Bertz CT molecular complexity index is 305. The van der Waals surface area contributed by atoms with Crippen molar-refractivity contribution in [3.05, 3.63) is 5.69 Å². The summed E-state index contributed by atoms with van der Waals surface area (Å²) >= 11 is 0. The predicted molar refractivity (Wildman–Crippen MR) is 36.0 cm³/mol. The number of rotatable bonds is 0. The average molecular weight is 154 g/mol. The Balaban J connectivity index is 2.45. The van der Waals surface area contributed by atoms with Crippen LogP contribution >= 0.6 is 0 Å². The molecule has 0 aromatic carbocycles. The molecule has 6 nitrogen and oxygen atoms in total. The molecule has 0 saturated carbocycles. The Morgan fingerprint density at radius 3 is 3.18 bits per heavy atom. The molecule has 0 radical (unpaired) electrons. The van der Waals surface area contributed by atoms with Crippen molar-refractivity contribution in [3.63, 3.8) is 0 Å². The van der Waals surface area contributed by atoms with Gasteiger partial charge in [-0.15, -0.1) is 0 Å². The van der Waals surface area contributed by atoms with Crippen LogP contribution in [0, 0.1) is 0 Å². The van der Waals surface area contributed by atoms with E-state index in [1.165, 1.54) is 0 Å². The van der Waals surface area contributed by atoms with E-state index in [0.29, 0.717) is 17.3 Å². The fourth-order valence-corrected chi connectivity index (χ4v) is 0.900. The second-order valence-corrected chi connectivity index (χ2v) is 2.21. The zero-order valence-corrected chi connectivity index (χ0v) is 5.77. The van der Waals surface area contributed by atoms with Gasteiger partial charge in [0, 0.05) is 0 Å². The van der Waals surface area contributed by atoms with Crippen molar-refractivity contribution >= 4 is 11.7 Å². The summed E-state index contributed by atoms with van der Waals surface area (Å²) < 4.78 is 4.39. The second kappa shape index (κ2) is 2.03. The molecule has 2 heterocycles. The molecule has 1 aliphatic heterocycles. The largest absolute Gasteiger partial charge is 0.366 e. The first-order valence-electron chi connectivity index (χ1n) is 3.09. The molecule has 0 spiro atoms. The van der Waals surface area contributed by atoms with Crippen molar-refractivity contribution in [1.82, 2.24) is 10.3 Å². The summed E-state index contributed by atoms with van der Waals surface area (Å²) in [5.41, 5.74) is 0.329. The van der Waals surface area contributed by atoms with Gasteiger partial charge in [-0.2, -0.15) is 0 Å². The minimum atomic E-state index is -0.947. The minimum absolute atomic E-state index is 0.329. The SMILES string of the molecule is CC1=NC(O)c2nonc2N1. The molecule has 11 heavy (non-hydrogen) atoms. The Hall–Kier alpha value is -1.43. The lowest BCUT2D eigenvalue weighted by atomic mass is 10.3. The first-order chi connectivity index (χ1) is 5.27. The number of aliphatic hydroxyl groups is 1. The summed E-state index contributed by atoms with van der Waals surface area (Å²) in [5.74, 6) is 1.03. The van der Waals surface area contributed by atoms with E-state index < -0.39 is 6.23 Å². The van der Waals surface area contributed by atoms with Crippen molar-refractivity contribution in [3.8, 4) is 0 Å². The zero-order chi connectivity index (χ0) is 7.84. The third kappa shape index (κ3) is 0.874. The lowest BCUT2D eigenvalue weighted by Crippen LogP contribution is -2.17. The van der Waals surface area contributed by atoms with Gasteiger partial charge in [-0.1, -0.05) is 0 Å². The molecule has 1 aromatic rings. The number of fused-ring (bicyclic) bond motifs is 1. The van der Waals surface area contributed by atoms with Crippen molar-refractivity contribution < 1.29 is 9.74 Å². The normalized spacial score (nSPS) is 22.0. The van der Waals surface area contributed by atoms with Gasteiger partial charge in [0.25, 0.3) is 0 Å². The first kappa shape index (κ1) is 6.29. The van der Waals surface area contributed by atoms with Crippen LogP contribution in [0.4, 0.5) is 5.82 Å². The highest BCUT2D eigenvalue weighted by Gasteiger charge is 2.22.